The van der Waals surface area contributed by atoms with Crippen molar-refractivity contribution < 1.29 is 9.53 Å². The molecule has 2 rings (SSSR count). The number of nitrogens with zero attached hydrogens (tertiary/aromatic N) is 2. The van der Waals surface area contributed by atoms with Gasteiger partial charge in [-0.15, -0.1) is 0 Å². The number of ether oxygens (including phenoxy) is 1. The van der Waals surface area contributed by atoms with Crippen LogP contribution in [0.2, 0.25) is 0 Å². The Morgan fingerprint density at radius 1 is 1.24 bits per heavy atom. The first kappa shape index (κ1) is 11.7. The maximum atomic E-state index is 11.6. The molecule has 2 heterocycles. The van der Waals surface area contributed by atoms with Crippen molar-refractivity contribution in [3.63, 3.8) is 0 Å². The predicted octanol–water partition coefficient (Wildman–Crippen LogP) is 2.60. The summed E-state index contributed by atoms with van der Waals surface area (Å²) in [5, 5.41) is 0. The normalized spacial score (nSPS) is 9.94. The van der Waals surface area contributed by atoms with Crippen LogP contribution in [0.4, 0.5) is 0 Å². The van der Waals surface area contributed by atoms with Gasteiger partial charge in [0.05, 0.1) is 11.3 Å². The van der Waals surface area contributed by atoms with Gasteiger partial charge in [-0.1, -0.05) is 0 Å². The maximum Gasteiger partial charge on any atom is 0.338 e. The molecule has 0 unspecified atom stereocenters. The zero-order valence-corrected chi connectivity index (χ0v) is 10.4. The van der Waals surface area contributed by atoms with E-state index in [4.69, 9.17) is 4.74 Å². The molecule has 0 atom stereocenters. The smallest absolute Gasteiger partial charge is 0.338 e. The zero-order valence-electron chi connectivity index (χ0n) is 8.84. The molecule has 0 aliphatic heterocycles. The molecule has 0 saturated heterocycles. The molecule has 0 bridgehead atoms. The van der Waals surface area contributed by atoms with E-state index in [1.807, 2.05) is 6.07 Å². The molecule has 86 valence electrons. The van der Waals surface area contributed by atoms with Crippen molar-refractivity contribution in [2.75, 3.05) is 0 Å². The Kier molecular flexibility index (Phi) is 3.82. The highest BCUT2D eigenvalue weighted by Gasteiger charge is 2.06. The van der Waals surface area contributed by atoms with Crippen LogP contribution in [-0.2, 0) is 11.3 Å². The molecule has 0 saturated carbocycles. The summed E-state index contributed by atoms with van der Waals surface area (Å²) < 4.78 is 6.00. The zero-order chi connectivity index (χ0) is 12.1. The van der Waals surface area contributed by atoms with Gasteiger partial charge in [0, 0.05) is 23.1 Å². The first-order valence-electron chi connectivity index (χ1n) is 4.93. The lowest BCUT2D eigenvalue weighted by molar-refractivity contribution is 0.0467. The van der Waals surface area contributed by atoms with E-state index in [1.165, 1.54) is 0 Å². The Morgan fingerprint density at radius 3 is 2.65 bits per heavy atom. The van der Waals surface area contributed by atoms with E-state index in [0.717, 1.165) is 4.47 Å². The van der Waals surface area contributed by atoms with Gasteiger partial charge >= 0.3 is 5.97 Å². The second-order valence-corrected chi connectivity index (χ2v) is 4.20. The van der Waals surface area contributed by atoms with Gasteiger partial charge in [-0.05, 0) is 40.2 Å². The molecular weight excluding hydrogens is 284 g/mol. The number of carbonyl (C=O) groups excluding carboxylic acids is 1. The third-order valence-electron chi connectivity index (χ3n) is 2.06. The maximum absolute atomic E-state index is 11.6. The Balaban J connectivity index is 1.95. The van der Waals surface area contributed by atoms with Crippen LogP contribution < -0.4 is 0 Å². The summed E-state index contributed by atoms with van der Waals surface area (Å²) in [7, 11) is 0. The molecular formula is C12H9BrN2O2. The number of rotatable bonds is 3. The van der Waals surface area contributed by atoms with Crippen molar-refractivity contribution in [2.45, 2.75) is 6.61 Å². The summed E-state index contributed by atoms with van der Waals surface area (Å²) in [4.78, 5) is 19.5. The second-order valence-electron chi connectivity index (χ2n) is 3.28. The fourth-order valence-corrected chi connectivity index (χ4v) is 1.44. The van der Waals surface area contributed by atoms with Crippen molar-refractivity contribution in [3.05, 3.63) is 58.6 Å². The number of hydrogen-bond donors (Lipinski definition) is 0. The highest BCUT2D eigenvalue weighted by atomic mass is 79.9. The lowest BCUT2D eigenvalue weighted by atomic mass is 10.3. The summed E-state index contributed by atoms with van der Waals surface area (Å²) in [6, 6.07) is 6.86. The number of halogens is 1. The van der Waals surface area contributed by atoms with E-state index in [2.05, 4.69) is 25.9 Å². The minimum absolute atomic E-state index is 0.161. The quantitative estimate of drug-likeness (QED) is 0.816. The van der Waals surface area contributed by atoms with E-state index >= 15 is 0 Å². The number of esters is 1. The lowest BCUT2D eigenvalue weighted by Crippen LogP contribution is -2.05. The first-order chi connectivity index (χ1) is 8.25. The van der Waals surface area contributed by atoms with Gasteiger partial charge in [0.15, 0.2) is 0 Å². The molecule has 0 amide bonds. The SMILES string of the molecule is O=C(OCc1ccc(Br)cn1)c1ccncc1. The van der Waals surface area contributed by atoms with E-state index in [9.17, 15) is 4.79 Å². The second kappa shape index (κ2) is 5.54. The van der Waals surface area contributed by atoms with Crippen LogP contribution in [0.3, 0.4) is 0 Å². The van der Waals surface area contributed by atoms with E-state index < -0.39 is 0 Å². The number of pyridine rings is 2. The van der Waals surface area contributed by atoms with E-state index in [-0.39, 0.29) is 12.6 Å². The number of hydrogen-bond acceptors (Lipinski definition) is 4. The Bertz CT molecular complexity index is 500. The van der Waals surface area contributed by atoms with Gasteiger partial charge in [0.2, 0.25) is 0 Å². The molecule has 0 fully saturated rings. The highest BCUT2D eigenvalue weighted by Crippen LogP contribution is 2.09. The Labute approximate surface area is 107 Å². The van der Waals surface area contributed by atoms with Crippen LogP contribution in [0.25, 0.3) is 0 Å². The van der Waals surface area contributed by atoms with Crippen LogP contribution in [-0.4, -0.2) is 15.9 Å². The monoisotopic (exact) mass is 292 g/mol. The third-order valence-corrected chi connectivity index (χ3v) is 2.52. The predicted molar refractivity (Wildman–Crippen MR) is 65.3 cm³/mol. The molecule has 0 aliphatic carbocycles. The fourth-order valence-electron chi connectivity index (χ4n) is 1.20. The Morgan fingerprint density at radius 2 is 2.00 bits per heavy atom. The summed E-state index contributed by atoms with van der Waals surface area (Å²) >= 11 is 3.28. The van der Waals surface area contributed by atoms with E-state index in [0.29, 0.717) is 11.3 Å². The van der Waals surface area contributed by atoms with E-state index in [1.54, 1.807) is 36.8 Å². The molecule has 2 aromatic rings. The summed E-state index contributed by atoms with van der Waals surface area (Å²) in [6.45, 7) is 0.161. The van der Waals surface area contributed by atoms with Crippen molar-refractivity contribution in [2.24, 2.45) is 0 Å². The first-order valence-corrected chi connectivity index (χ1v) is 5.72. The summed E-state index contributed by atoms with van der Waals surface area (Å²) in [6.07, 6.45) is 4.76. The van der Waals surface area contributed by atoms with Crippen molar-refractivity contribution >= 4 is 21.9 Å². The van der Waals surface area contributed by atoms with Crippen LogP contribution >= 0.6 is 15.9 Å². The van der Waals surface area contributed by atoms with Crippen LogP contribution in [0.5, 0.6) is 0 Å². The van der Waals surface area contributed by atoms with Gasteiger partial charge in [-0.25, -0.2) is 4.79 Å². The van der Waals surface area contributed by atoms with Crippen LogP contribution in [0.15, 0.2) is 47.3 Å². The standard InChI is InChI=1S/C12H9BrN2O2/c13-10-1-2-11(15-7-10)8-17-12(16)9-3-5-14-6-4-9/h1-7H,8H2. The summed E-state index contributed by atoms with van der Waals surface area (Å²) in [5.41, 5.74) is 1.19. The molecule has 0 radical (unpaired) electrons. The van der Waals surface area contributed by atoms with Gasteiger partial charge in [-0.2, -0.15) is 0 Å². The molecule has 0 aliphatic rings. The minimum atomic E-state index is -0.378. The van der Waals surface area contributed by atoms with Crippen molar-refractivity contribution in [1.29, 1.82) is 0 Å². The van der Waals surface area contributed by atoms with Crippen LogP contribution in [0.1, 0.15) is 16.1 Å². The largest absolute Gasteiger partial charge is 0.456 e. The molecule has 2 aromatic heterocycles. The number of carbonyl (C=O) groups is 1. The third kappa shape index (κ3) is 3.35. The van der Waals surface area contributed by atoms with Gasteiger partial charge in [0.1, 0.15) is 6.61 Å². The van der Waals surface area contributed by atoms with Gasteiger partial charge in [0.25, 0.3) is 0 Å². The molecule has 0 aromatic carbocycles. The lowest BCUT2D eigenvalue weighted by Gasteiger charge is -2.03. The molecule has 17 heavy (non-hydrogen) atoms. The highest BCUT2D eigenvalue weighted by molar-refractivity contribution is 9.10. The average Bonchev–Trinajstić information content (AvgIpc) is 2.39. The Hall–Kier alpha value is -1.75. The molecule has 5 heteroatoms. The van der Waals surface area contributed by atoms with Gasteiger partial charge in [-0.3, -0.25) is 9.97 Å². The molecule has 0 spiro atoms. The van der Waals surface area contributed by atoms with Crippen molar-refractivity contribution in [1.82, 2.24) is 9.97 Å². The number of aromatic nitrogens is 2. The average molecular weight is 293 g/mol. The van der Waals surface area contributed by atoms with Crippen LogP contribution in [0, 0.1) is 0 Å². The molecule has 0 N–H and O–H groups in total. The topological polar surface area (TPSA) is 52.1 Å². The van der Waals surface area contributed by atoms with Gasteiger partial charge < -0.3 is 4.74 Å². The molecule has 4 nitrogen and oxygen atoms in total. The fraction of sp³-hybridized carbons (Fsp3) is 0.0833. The summed E-state index contributed by atoms with van der Waals surface area (Å²) in [5.74, 6) is -0.378. The van der Waals surface area contributed by atoms with Crippen molar-refractivity contribution in [3.8, 4) is 0 Å². The minimum Gasteiger partial charge on any atom is -0.456 e.